The summed E-state index contributed by atoms with van der Waals surface area (Å²) in [4.78, 5) is 12.7. The molecule has 2 heterocycles. The molecule has 12 heavy (non-hydrogen) atoms. The van der Waals surface area contributed by atoms with Crippen molar-refractivity contribution in [1.29, 1.82) is 0 Å². The first-order chi connectivity index (χ1) is 5.68. The molecule has 2 aliphatic heterocycles. The van der Waals surface area contributed by atoms with Crippen LogP contribution in [0.25, 0.3) is 0 Å². The minimum atomic E-state index is -0.943. The van der Waals surface area contributed by atoms with Crippen LogP contribution in [0.2, 0.25) is 0 Å². The standard InChI is InChI=1S/C8H12FNO2/c9-6-3-8(5-11)2-1-7(12)10(8)4-6/h6,11H,1-5H2. The summed E-state index contributed by atoms with van der Waals surface area (Å²) < 4.78 is 12.9. The largest absolute Gasteiger partial charge is 0.394 e. The summed E-state index contributed by atoms with van der Waals surface area (Å²) in [5, 5.41) is 9.10. The van der Waals surface area contributed by atoms with Gasteiger partial charge in [0.05, 0.1) is 18.7 Å². The predicted octanol–water partition coefficient (Wildman–Crippen LogP) is 0.0817. The Morgan fingerprint density at radius 3 is 3.08 bits per heavy atom. The Morgan fingerprint density at radius 2 is 2.50 bits per heavy atom. The Balaban J connectivity index is 2.25. The molecular weight excluding hydrogens is 161 g/mol. The lowest BCUT2D eigenvalue weighted by molar-refractivity contribution is -0.130. The molecule has 0 aromatic carbocycles. The minimum Gasteiger partial charge on any atom is -0.394 e. The molecule has 2 rings (SSSR count). The number of hydrogen-bond donors (Lipinski definition) is 1. The fraction of sp³-hybridized carbons (Fsp3) is 0.875. The molecule has 2 atom stereocenters. The number of alkyl halides is 1. The highest BCUT2D eigenvalue weighted by Gasteiger charge is 2.51. The minimum absolute atomic E-state index is 0.01000. The molecule has 4 heteroatoms. The summed E-state index contributed by atoms with van der Waals surface area (Å²) in [5.41, 5.74) is -0.545. The van der Waals surface area contributed by atoms with Crippen LogP contribution in [0.1, 0.15) is 19.3 Å². The second kappa shape index (κ2) is 2.42. The average molecular weight is 173 g/mol. The van der Waals surface area contributed by atoms with Gasteiger partial charge in [0.15, 0.2) is 0 Å². The van der Waals surface area contributed by atoms with E-state index in [-0.39, 0.29) is 19.1 Å². The first kappa shape index (κ1) is 7.98. The van der Waals surface area contributed by atoms with Crippen LogP contribution in [0, 0.1) is 0 Å². The second-order valence-electron chi connectivity index (χ2n) is 3.69. The van der Waals surface area contributed by atoms with Crippen LogP contribution in [-0.4, -0.2) is 40.8 Å². The summed E-state index contributed by atoms with van der Waals surface area (Å²) in [7, 11) is 0. The van der Waals surface area contributed by atoms with Crippen molar-refractivity contribution < 1.29 is 14.3 Å². The van der Waals surface area contributed by atoms with Gasteiger partial charge in [0.1, 0.15) is 6.17 Å². The normalized spacial score (nSPS) is 40.7. The van der Waals surface area contributed by atoms with Crippen molar-refractivity contribution in [1.82, 2.24) is 4.90 Å². The van der Waals surface area contributed by atoms with Crippen LogP contribution >= 0.6 is 0 Å². The van der Waals surface area contributed by atoms with Gasteiger partial charge < -0.3 is 10.0 Å². The van der Waals surface area contributed by atoms with Gasteiger partial charge in [-0.25, -0.2) is 4.39 Å². The Bertz CT molecular complexity index is 221. The molecule has 0 bridgehead atoms. The Kier molecular flexibility index (Phi) is 1.61. The number of hydrogen-bond acceptors (Lipinski definition) is 2. The van der Waals surface area contributed by atoms with Crippen molar-refractivity contribution >= 4 is 5.91 Å². The summed E-state index contributed by atoms with van der Waals surface area (Å²) in [6.07, 6.45) is 0.451. The van der Waals surface area contributed by atoms with E-state index in [4.69, 9.17) is 5.11 Å². The molecule has 0 aromatic rings. The zero-order valence-electron chi connectivity index (χ0n) is 6.79. The van der Waals surface area contributed by atoms with E-state index >= 15 is 0 Å². The van der Waals surface area contributed by atoms with Crippen LogP contribution in [0.5, 0.6) is 0 Å². The highest BCUT2D eigenvalue weighted by atomic mass is 19.1. The summed E-state index contributed by atoms with van der Waals surface area (Å²) in [6, 6.07) is 0. The van der Waals surface area contributed by atoms with E-state index in [0.717, 1.165) is 0 Å². The quantitative estimate of drug-likeness (QED) is 0.610. The summed E-state index contributed by atoms with van der Waals surface area (Å²) >= 11 is 0. The molecule has 0 radical (unpaired) electrons. The first-order valence-corrected chi connectivity index (χ1v) is 4.23. The highest BCUT2D eigenvalue weighted by molar-refractivity contribution is 5.80. The van der Waals surface area contributed by atoms with Gasteiger partial charge in [-0.15, -0.1) is 0 Å². The zero-order chi connectivity index (χ0) is 8.77. The van der Waals surface area contributed by atoms with E-state index in [1.807, 2.05) is 0 Å². The highest BCUT2D eigenvalue weighted by Crippen LogP contribution is 2.40. The smallest absolute Gasteiger partial charge is 0.223 e. The van der Waals surface area contributed by atoms with Gasteiger partial charge in [-0.05, 0) is 6.42 Å². The molecule has 2 saturated heterocycles. The van der Waals surface area contributed by atoms with Gasteiger partial charge >= 0.3 is 0 Å². The molecule has 2 unspecified atom stereocenters. The van der Waals surface area contributed by atoms with Crippen molar-refractivity contribution in [3.63, 3.8) is 0 Å². The topological polar surface area (TPSA) is 40.5 Å². The fourth-order valence-corrected chi connectivity index (χ4v) is 2.29. The van der Waals surface area contributed by atoms with Gasteiger partial charge in [0, 0.05) is 12.8 Å². The van der Waals surface area contributed by atoms with Crippen LogP contribution in [0.15, 0.2) is 0 Å². The van der Waals surface area contributed by atoms with E-state index in [0.29, 0.717) is 19.3 Å². The SMILES string of the molecule is O=C1CCC2(CO)CC(F)CN12. The van der Waals surface area contributed by atoms with E-state index < -0.39 is 11.7 Å². The predicted molar refractivity (Wildman–Crippen MR) is 40.3 cm³/mol. The van der Waals surface area contributed by atoms with E-state index in [9.17, 15) is 9.18 Å². The molecular formula is C8H12FNO2. The summed E-state index contributed by atoms with van der Waals surface area (Å²) in [5.74, 6) is -0.01000. The summed E-state index contributed by atoms with van der Waals surface area (Å²) in [6.45, 7) is 0.0819. The maximum atomic E-state index is 12.9. The van der Waals surface area contributed by atoms with Crippen molar-refractivity contribution in [2.24, 2.45) is 0 Å². The lowest BCUT2D eigenvalue weighted by Gasteiger charge is -2.28. The molecule has 2 aliphatic rings. The third kappa shape index (κ3) is 0.874. The fourth-order valence-electron chi connectivity index (χ4n) is 2.29. The zero-order valence-corrected chi connectivity index (χ0v) is 6.79. The molecule has 0 saturated carbocycles. The molecule has 0 spiro atoms. The average Bonchev–Trinajstić information content (AvgIpc) is 2.51. The molecule has 1 N–H and O–H groups in total. The first-order valence-electron chi connectivity index (χ1n) is 4.23. The maximum Gasteiger partial charge on any atom is 0.223 e. The molecule has 68 valence electrons. The molecule has 1 amide bonds. The van der Waals surface area contributed by atoms with Gasteiger partial charge in [0.2, 0.25) is 5.91 Å². The van der Waals surface area contributed by atoms with Gasteiger partial charge in [0.25, 0.3) is 0 Å². The number of halogens is 1. The Morgan fingerprint density at radius 1 is 1.75 bits per heavy atom. The maximum absolute atomic E-state index is 12.9. The molecule has 2 fully saturated rings. The van der Waals surface area contributed by atoms with Gasteiger partial charge in [-0.2, -0.15) is 0 Å². The lowest BCUT2D eigenvalue weighted by Crippen LogP contribution is -2.43. The van der Waals surface area contributed by atoms with E-state index in [2.05, 4.69) is 0 Å². The Labute approximate surface area is 70.2 Å². The van der Waals surface area contributed by atoms with Crippen LogP contribution in [0.4, 0.5) is 4.39 Å². The van der Waals surface area contributed by atoms with Crippen molar-refractivity contribution in [2.75, 3.05) is 13.2 Å². The number of carbonyl (C=O) groups excluding carboxylic acids is 1. The van der Waals surface area contributed by atoms with E-state index in [1.165, 1.54) is 4.90 Å². The number of aliphatic hydroxyl groups is 1. The Hall–Kier alpha value is -0.640. The van der Waals surface area contributed by atoms with Crippen molar-refractivity contribution in [3.8, 4) is 0 Å². The van der Waals surface area contributed by atoms with Crippen molar-refractivity contribution in [3.05, 3.63) is 0 Å². The van der Waals surface area contributed by atoms with Crippen molar-refractivity contribution in [2.45, 2.75) is 31.0 Å². The molecule has 3 nitrogen and oxygen atoms in total. The number of carbonyl (C=O) groups is 1. The van der Waals surface area contributed by atoms with Crippen LogP contribution in [-0.2, 0) is 4.79 Å². The molecule has 0 aliphatic carbocycles. The lowest BCUT2D eigenvalue weighted by atomic mass is 9.95. The third-order valence-electron chi connectivity index (χ3n) is 2.95. The monoisotopic (exact) mass is 173 g/mol. The number of fused-ring (bicyclic) bond motifs is 1. The number of amides is 1. The van der Waals surface area contributed by atoms with Gasteiger partial charge in [-0.3, -0.25) is 4.79 Å². The second-order valence-corrected chi connectivity index (χ2v) is 3.69. The van der Waals surface area contributed by atoms with E-state index in [1.54, 1.807) is 0 Å². The van der Waals surface area contributed by atoms with Gasteiger partial charge in [-0.1, -0.05) is 0 Å². The van der Waals surface area contributed by atoms with Crippen LogP contribution < -0.4 is 0 Å². The number of rotatable bonds is 1. The van der Waals surface area contributed by atoms with Crippen LogP contribution in [0.3, 0.4) is 0 Å². The number of nitrogens with zero attached hydrogens (tertiary/aromatic N) is 1. The number of aliphatic hydroxyl groups excluding tert-OH is 1. The molecule has 0 aromatic heterocycles. The third-order valence-corrected chi connectivity index (χ3v) is 2.95.